The number of hydrogen-bond acceptors (Lipinski definition) is 5. The van der Waals surface area contributed by atoms with Gasteiger partial charge in [0, 0.05) is 30.6 Å². The van der Waals surface area contributed by atoms with Crippen LogP contribution in [-0.2, 0) is 6.54 Å². The quantitative estimate of drug-likeness (QED) is 0.268. The predicted molar refractivity (Wildman–Crippen MR) is 143 cm³/mol. The maximum absolute atomic E-state index is 5.57. The fraction of sp³-hybridized carbons (Fsp3) is 0.833. The lowest BCUT2D eigenvalue weighted by atomic mass is 9.84. The van der Waals surface area contributed by atoms with Gasteiger partial charge >= 0.3 is 0 Å². The molecule has 0 amide bonds. The highest BCUT2D eigenvalue weighted by Gasteiger charge is 2.39. The topological polar surface area (TPSA) is 68.9 Å². The van der Waals surface area contributed by atoms with Crippen molar-refractivity contribution in [2.45, 2.75) is 83.7 Å². The highest BCUT2D eigenvalue weighted by molar-refractivity contribution is 14.0. The summed E-state index contributed by atoms with van der Waals surface area (Å²) in [5.41, 5.74) is 1.29. The Bertz CT molecular complexity index is 676. The van der Waals surface area contributed by atoms with E-state index in [9.17, 15) is 0 Å². The Kier molecular flexibility index (Phi) is 11.8. The zero-order chi connectivity index (χ0) is 22.1. The third-order valence-electron chi connectivity index (χ3n) is 7.25. The van der Waals surface area contributed by atoms with Crippen LogP contribution in [0.1, 0.15) is 83.1 Å². The first kappa shape index (κ1) is 27.4. The summed E-state index contributed by atoms with van der Waals surface area (Å²) in [6.45, 7) is 13.6. The zero-order valence-corrected chi connectivity index (χ0v) is 23.0. The number of rotatable bonds is 9. The van der Waals surface area contributed by atoms with E-state index in [0.717, 1.165) is 43.3 Å². The molecular formula is C24H45IN6O. The van der Waals surface area contributed by atoms with Crippen LogP contribution in [0, 0.1) is 0 Å². The molecule has 0 atom stereocenters. The molecule has 0 spiro atoms. The van der Waals surface area contributed by atoms with Crippen molar-refractivity contribution in [2.75, 3.05) is 46.3 Å². The SMILES string of the molecule is CCNC(=NCc1cc(C(CC)CC)no1)NCC1(N2CCCCC2)CCN(C)CC1.I. The summed E-state index contributed by atoms with van der Waals surface area (Å²) in [6, 6.07) is 2.08. The van der Waals surface area contributed by atoms with Crippen LogP contribution < -0.4 is 10.6 Å². The molecule has 8 heteroatoms. The summed E-state index contributed by atoms with van der Waals surface area (Å²) < 4.78 is 5.57. The summed E-state index contributed by atoms with van der Waals surface area (Å²) in [5.74, 6) is 2.18. The van der Waals surface area contributed by atoms with Crippen LogP contribution in [0.3, 0.4) is 0 Å². The van der Waals surface area contributed by atoms with Gasteiger partial charge < -0.3 is 20.1 Å². The summed E-state index contributed by atoms with van der Waals surface area (Å²) >= 11 is 0. The molecule has 2 aliphatic rings. The molecule has 1 aromatic rings. The molecule has 2 saturated heterocycles. The first-order valence-corrected chi connectivity index (χ1v) is 12.5. The third kappa shape index (κ3) is 7.32. The van der Waals surface area contributed by atoms with E-state index in [1.807, 2.05) is 0 Å². The smallest absolute Gasteiger partial charge is 0.191 e. The predicted octanol–water partition coefficient (Wildman–Crippen LogP) is 4.20. The Hall–Kier alpha value is -0.870. The number of nitrogens with zero attached hydrogens (tertiary/aromatic N) is 4. The second-order valence-electron chi connectivity index (χ2n) is 9.36. The molecule has 32 heavy (non-hydrogen) atoms. The monoisotopic (exact) mass is 560 g/mol. The molecule has 0 radical (unpaired) electrons. The van der Waals surface area contributed by atoms with E-state index >= 15 is 0 Å². The van der Waals surface area contributed by atoms with E-state index in [0.29, 0.717) is 12.5 Å². The van der Waals surface area contributed by atoms with Crippen molar-refractivity contribution in [1.82, 2.24) is 25.6 Å². The number of aromatic nitrogens is 1. The fourth-order valence-corrected chi connectivity index (χ4v) is 5.06. The average Bonchev–Trinajstić information content (AvgIpc) is 3.27. The molecule has 0 unspecified atom stereocenters. The highest BCUT2D eigenvalue weighted by Crippen LogP contribution is 2.31. The summed E-state index contributed by atoms with van der Waals surface area (Å²) in [4.78, 5) is 10.0. The first-order chi connectivity index (χ1) is 15.1. The van der Waals surface area contributed by atoms with Gasteiger partial charge in [0.2, 0.25) is 0 Å². The third-order valence-corrected chi connectivity index (χ3v) is 7.25. The second-order valence-corrected chi connectivity index (χ2v) is 9.36. The van der Waals surface area contributed by atoms with Gasteiger partial charge in [-0.05, 0) is 78.7 Å². The van der Waals surface area contributed by atoms with Crippen LogP contribution in [0.5, 0.6) is 0 Å². The molecule has 0 aromatic carbocycles. The van der Waals surface area contributed by atoms with Crippen LogP contribution in [0.2, 0.25) is 0 Å². The van der Waals surface area contributed by atoms with Gasteiger partial charge in [0.25, 0.3) is 0 Å². The number of hydrogen-bond donors (Lipinski definition) is 2. The van der Waals surface area contributed by atoms with Crippen molar-refractivity contribution >= 4 is 29.9 Å². The van der Waals surface area contributed by atoms with Gasteiger partial charge in [0.05, 0.1) is 5.69 Å². The Morgan fingerprint density at radius 3 is 2.41 bits per heavy atom. The van der Waals surface area contributed by atoms with Gasteiger partial charge in [-0.2, -0.15) is 0 Å². The number of likely N-dealkylation sites (tertiary alicyclic amines) is 2. The summed E-state index contributed by atoms with van der Waals surface area (Å²) in [5, 5.41) is 11.4. The van der Waals surface area contributed by atoms with Crippen molar-refractivity contribution in [3.63, 3.8) is 0 Å². The van der Waals surface area contributed by atoms with Crippen LogP contribution in [0.25, 0.3) is 0 Å². The van der Waals surface area contributed by atoms with Crippen molar-refractivity contribution < 1.29 is 4.52 Å². The molecule has 2 aliphatic heterocycles. The van der Waals surface area contributed by atoms with E-state index in [2.05, 4.69) is 59.5 Å². The molecule has 0 saturated carbocycles. The molecule has 0 bridgehead atoms. The van der Waals surface area contributed by atoms with Crippen molar-refractivity contribution in [3.05, 3.63) is 17.5 Å². The van der Waals surface area contributed by atoms with Crippen molar-refractivity contribution in [2.24, 2.45) is 4.99 Å². The van der Waals surface area contributed by atoms with E-state index in [-0.39, 0.29) is 29.5 Å². The maximum atomic E-state index is 5.57. The van der Waals surface area contributed by atoms with E-state index in [1.54, 1.807) is 0 Å². The van der Waals surface area contributed by atoms with E-state index in [1.165, 1.54) is 58.3 Å². The average molecular weight is 561 g/mol. The minimum absolute atomic E-state index is 0. The maximum Gasteiger partial charge on any atom is 0.191 e. The number of guanidine groups is 1. The normalized spacial score (nSPS) is 20.2. The van der Waals surface area contributed by atoms with Gasteiger partial charge in [-0.25, -0.2) is 4.99 Å². The Morgan fingerprint density at radius 1 is 1.09 bits per heavy atom. The van der Waals surface area contributed by atoms with Crippen LogP contribution in [0.4, 0.5) is 0 Å². The van der Waals surface area contributed by atoms with Gasteiger partial charge in [0.15, 0.2) is 11.7 Å². The molecule has 1 aromatic heterocycles. The van der Waals surface area contributed by atoms with Crippen LogP contribution in [-0.4, -0.2) is 72.8 Å². The van der Waals surface area contributed by atoms with Crippen molar-refractivity contribution in [3.8, 4) is 0 Å². The fourth-order valence-electron chi connectivity index (χ4n) is 5.06. The lowest BCUT2D eigenvalue weighted by Crippen LogP contribution is -2.62. The number of halogens is 1. The van der Waals surface area contributed by atoms with Crippen LogP contribution in [0.15, 0.2) is 15.6 Å². The molecular weight excluding hydrogens is 515 g/mol. The molecule has 2 N–H and O–H groups in total. The van der Waals surface area contributed by atoms with Crippen molar-refractivity contribution in [1.29, 1.82) is 0 Å². The lowest BCUT2D eigenvalue weighted by molar-refractivity contribution is 0.0173. The zero-order valence-electron chi connectivity index (χ0n) is 20.7. The first-order valence-electron chi connectivity index (χ1n) is 12.5. The largest absolute Gasteiger partial charge is 0.359 e. The molecule has 2 fully saturated rings. The van der Waals surface area contributed by atoms with Gasteiger partial charge in [-0.1, -0.05) is 25.4 Å². The van der Waals surface area contributed by atoms with E-state index in [4.69, 9.17) is 9.52 Å². The van der Waals surface area contributed by atoms with E-state index < -0.39 is 0 Å². The second kappa shape index (κ2) is 13.7. The minimum atomic E-state index is 0. The molecule has 3 heterocycles. The summed E-state index contributed by atoms with van der Waals surface area (Å²) in [6.07, 6.45) is 8.65. The Balaban J connectivity index is 0.00000363. The summed E-state index contributed by atoms with van der Waals surface area (Å²) in [7, 11) is 2.24. The highest BCUT2D eigenvalue weighted by atomic mass is 127. The number of nitrogens with one attached hydrogen (secondary N) is 2. The lowest BCUT2D eigenvalue weighted by Gasteiger charge is -2.50. The van der Waals surface area contributed by atoms with Gasteiger partial charge in [-0.3, -0.25) is 4.90 Å². The molecule has 0 aliphatic carbocycles. The molecule has 7 nitrogen and oxygen atoms in total. The van der Waals surface area contributed by atoms with Crippen LogP contribution >= 0.6 is 24.0 Å². The number of piperidine rings is 2. The molecule has 184 valence electrons. The standard InChI is InChI=1S/C24H44N6O.HI/c1-5-20(6-2)22-17-21(31-28-22)18-26-23(25-7-3)27-19-24(11-15-29(4)16-12-24)30-13-9-8-10-14-30;/h17,20H,5-16,18-19H2,1-4H3,(H2,25,26,27);1H. The Morgan fingerprint density at radius 2 is 1.78 bits per heavy atom. The van der Waals surface area contributed by atoms with Gasteiger partial charge in [-0.15, -0.1) is 24.0 Å². The number of aliphatic imine (C=N–C) groups is 1. The Labute approximate surface area is 212 Å². The van der Waals surface area contributed by atoms with Gasteiger partial charge in [0.1, 0.15) is 6.54 Å². The minimum Gasteiger partial charge on any atom is -0.359 e. The molecule has 3 rings (SSSR count).